The zero-order valence-electron chi connectivity index (χ0n) is 12.4. The molecule has 0 aromatic heterocycles. The number of rotatable bonds is 3. The summed E-state index contributed by atoms with van der Waals surface area (Å²) in [6.45, 7) is 1.07. The lowest BCUT2D eigenvalue weighted by atomic mass is 9.96. The summed E-state index contributed by atoms with van der Waals surface area (Å²) >= 11 is 0. The Bertz CT molecular complexity index is 545. The van der Waals surface area contributed by atoms with Crippen LogP contribution in [0, 0.1) is 5.92 Å². The first kappa shape index (κ1) is 15.2. The van der Waals surface area contributed by atoms with Gasteiger partial charge in [0.1, 0.15) is 0 Å². The first-order chi connectivity index (χ1) is 10.1. The summed E-state index contributed by atoms with van der Waals surface area (Å²) in [6, 6.07) is 5.12. The van der Waals surface area contributed by atoms with Crippen LogP contribution in [0.5, 0.6) is 5.75 Å². The Balaban J connectivity index is 2.20. The number of methoxy groups -OCH3 is 1. The predicted octanol–water partition coefficient (Wildman–Crippen LogP) is 0.876. The number of hydrogen-bond acceptors (Lipinski definition) is 4. The smallest absolute Gasteiger partial charge is 0.257 e. The van der Waals surface area contributed by atoms with Crippen LogP contribution in [0.15, 0.2) is 18.2 Å². The Kier molecular flexibility index (Phi) is 4.67. The summed E-state index contributed by atoms with van der Waals surface area (Å²) in [7, 11) is 3.11. The van der Waals surface area contributed by atoms with E-state index in [-0.39, 0.29) is 17.7 Å². The van der Waals surface area contributed by atoms with E-state index in [0.29, 0.717) is 30.1 Å². The van der Waals surface area contributed by atoms with Crippen LogP contribution >= 0.6 is 0 Å². The molecule has 6 nitrogen and oxygen atoms in total. The third kappa shape index (κ3) is 3.09. The third-order valence-corrected chi connectivity index (χ3v) is 3.81. The standard InChI is InChI=1S/C15H21N3O3/c1-17-14(19)10-5-4-8-18(9-10)15(20)11-6-3-7-12(16)13(11)21-2/h3,6-7,10H,4-5,8-9,16H2,1-2H3,(H,17,19). The molecule has 0 aliphatic carbocycles. The second-order valence-electron chi connectivity index (χ2n) is 5.13. The molecule has 2 rings (SSSR count). The summed E-state index contributed by atoms with van der Waals surface area (Å²) in [5, 5.41) is 2.64. The van der Waals surface area contributed by atoms with Gasteiger partial charge in [-0.2, -0.15) is 0 Å². The first-order valence-corrected chi connectivity index (χ1v) is 7.01. The third-order valence-electron chi connectivity index (χ3n) is 3.81. The minimum atomic E-state index is -0.153. The van der Waals surface area contributed by atoms with E-state index in [1.807, 2.05) is 0 Å². The monoisotopic (exact) mass is 291 g/mol. The number of ether oxygens (including phenoxy) is 1. The lowest BCUT2D eigenvalue weighted by Gasteiger charge is -2.32. The molecule has 114 valence electrons. The SMILES string of the molecule is CNC(=O)C1CCCN(C(=O)c2cccc(N)c2OC)C1. The number of para-hydroxylation sites is 1. The van der Waals surface area contributed by atoms with Crippen molar-refractivity contribution < 1.29 is 14.3 Å². The number of anilines is 1. The zero-order valence-corrected chi connectivity index (χ0v) is 12.4. The van der Waals surface area contributed by atoms with E-state index < -0.39 is 0 Å². The summed E-state index contributed by atoms with van der Waals surface area (Å²) in [5.41, 5.74) is 6.71. The summed E-state index contributed by atoms with van der Waals surface area (Å²) < 4.78 is 5.23. The number of likely N-dealkylation sites (tertiary alicyclic amines) is 1. The van der Waals surface area contributed by atoms with Crippen LogP contribution in [0.2, 0.25) is 0 Å². The highest BCUT2D eigenvalue weighted by molar-refractivity contribution is 5.99. The molecule has 21 heavy (non-hydrogen) atoms. The molecule has 0 bridgehead atoms. The molecule has 0 spiro atoms. The van der Waals surface area contributed by atoms with Gasteiger partial charge < -0.3 is 20.7 Å². The average molecular weight is 291 g/mol. The van der Waals surface area contributed by atoms with E-state index in [9.17, 15) is 9.59 Å². The molecular weight excluding hydrogens is 270 g/mol. The molecule has 0 radical (unpaired) electrons. The molecule has 1 aromatic carbocycles. The molecule has 1 aliphatic heterocycles. The number of carbonyl (C=O) groups excluding carboxylic acids is 2. The van der Waals surface area contributed by atoms with Gasteiger partial charge in [0.05, 0.1) is 24.3 Å². The number of benzene rings is 1. The fourth-order valence-corrected chi connectivity index (χ4v) is 2.70. The Labute approximate surface area is 124 Å². The highest BCUT2D eigenvalue weighted by atomic mass is 16.5. The van der Waals surface area contributed by atoms with Crippen molar-refractivity contribution in [1.82, 2.24) is 10.2 Å². The zero-order chi connectivity index (χ0) is 15.4. The van der Waals surface area contributed by atoms with Crippen molar-refractivity contribution in [2.75, 3.05) is 33.0 Å². The Hall–Kier alpha value is -2.24. The van der Waals surface area contributed by atoms with Gasteiger partial charge >= 0.3 is 0 Å². The van der Waals surface area contributed by atoms with Gasteiger partial charge in [0.15, 0.2) is 5.75 Å². The molecule has 3 N–H and O–H groups in total. The number of carbonyl (C=O) groups is 2. The molecule has 1 unspecified atom stereocenters. The summed E-state index contributed by atoms with van der Waals surface area (Å²) in [6.07, 6.45) is 1.62. The van der Waals surface area contributed by atoms with Crippen molar-refractivity contribution in [3.05, 3.63) is 23.8 Å². The molecule has 1 atom stereocenters. The van der Waals surface area contributed by atoms with E-state index in [0.717, 1.165) is 12.8 Å². The van der Waals surface area contributed by atoms with Crippen LogP contribution in [-0.4, -0.2) is 44.0 Å². The van der Waals surface area contributed by atoms with Gasteiger partial charge in [-0.05, 0) is 25.0 Å². The van der Waals surface area contributed by atoms with Gasteiger partial charge in [-0.25, -0.2) is 0 Å². The van der Waals surface area contributed by atoms with Crippen LogP contribution in [0.3, 0.4) is 0 Å². The first-order valence-electron chi connectivity index (χ1n) is 7.01. The number of hydrogen-bond donors (Lipinski definition) is 2. The Morgan fingerprint density at radius 3 is 2.86 bits per heavy atom. The Morgan fingerprint density at radius 2 is 2.19 bits per heavy atom. The second kappa shape index (κ2) is 6.47. The normalized spacial score (nSPS) is 18.2. The summed E-state index contributed by atoms with van der Waals surface area (Å²) in [4.78, 5) is 26.1. The van der Waals surface area contributed by atoms with Gasteiger partial charge in [0.2, 0.25) is 5.91 Å². The minimum Gasteiger partial charge on any atom is -0.494 e. The maximum atomic E-state index is 12.6. The number of nitrogens with zero attached hydrogens (tertiary/aromatic N) is 1. The van der Waals surface area contributed by atoms with E-state index in [1.165, 1.54) is 7.11 Å². The van der Waals surface area contributed by atoms with Crippen molar-refractivity contribution >= 4 is 17.5 Å². The predicted molar refractivity (Wildman–Crippen MR) is 80.1 cm³/mol. The van der Waals surface area contributed by atoms with Crippen LogP contribution in [0.4, 0.5) is 5.69 Å². The quantitative estimate of drug-likeness (QED) is 0.810. The largest absolute Gasteiger partial charge is 0.494 e. The highest BCUT2D eigenvalue weighted by Gasteiger charge is 2.29. The van der Waals surface area contributed by atoms with Crippen LogP contribution in [0.25, 0.3) is 0 Å². The topological polar surface area (TPSA) is 84.7 Å². The molecule has 1 aromatic rings. The van der Waals surface area contributed by atoms with Crippen molar-refractivity contribution in [2.24, 2.45) is 5.92 Å². The minimum absolute atomic E-state index is 0.0213. The molecule has 2 amide bonds. The molecule has 0 saturated carbocycles. The van der Waals surface area contributed by atoms with E-state index in [4.69, 9.17) is 10.5 Å². The maximum absolute atomic E-state index is 12.6. The fourth-order valence-electron chi connectivity index (χ4n) is 2.70. The number of amides is 2. The lowest BCUT2D eigenvalue weighted by molar-refractivity contribution is -0.125. The van der Waals surface area contributed by atoms with Gasteiger partial charge in [-0.3, -0.25) is 9.59 Å². The molecule has 1 heterocycles. The van der Waals surface area contributed by atoms with Gasteiger partial charge in [-0.15, -0.1) is 0 Å². The molecule has 1 saturated heterocycles. The molecular formula is C15H21N3O3. The van der Waals surface area contributed by atoms with Crippen LogP contribution in [0.1, 0.15) is 23.2 Å². The van der Waals surface area contributed by atoms with Crippen molar-refractivity contribution in [3.8, 4) is 5.75 Å². The summed E-state index contributed by atoms with van der Waals surface area (Å²) in [5.74, 6) is 0.0733. The number of nitrogens with one attached hydrogen (secondary N) is 1. The second-order valence-corrected chi connectivity index (χ2v) is 5.13. The lowest BCUT2D eigenvalue weighted by Crippen LogP contribution is -2.44. The molecule has 1 aliphatic rings. The van der Waals surface area contributed by atoms with Gasteiger partial charge in [0.25, 0.3) is 5.91 Å². The van der Waals surface area contributed by atoms with Crippen LogP contribution < -0.4 is 15.8 Å². The highest BCUT2D eigenvalue weighted by Crippen LogP contribution is 2.28. The molecule has 6 heteroatoms. The van der Waals surface area contributed by atoms with Crippen molar-refractivity contribution in [2.45, 2.75) is 12.8 Å². The molecule has 1 fully saturated rings. The van der Waals surface area contributed by atoms with E-state index >= 15 is 0 Å². The van der Waals surface area contributed by atoms with E-state index in [1.54, 1.807) is 30.1 Å². The van der Waals surface area contributed by atoms with Gasteiger partial charge in [0, 0.05) is 20.1 Å². The fraction of sp³-hybridized carbons (Fsp3) is 0.467. The Morgan fingerprint density at radius 1 is 1.43 bits per heavy atom. The maximum Gasteiger partial charge on any atom is 0.257 e. The van der Waals surface area contributed by atoms with Crippen molar-refractivity contribution in [1.29, 1.82) is 0 Å². The number of piperidine rings is 1. The van der Waals surface area contributed by atoms with E-state index in [2.05, 4.69) is 5.32 Å². The number of nitrogen functional groups attached to an aromatic ring is 1. The average Bonchev–Trinajstić information content (AvgIpc) is 2.53. The van der Waals surface area contributed by atoms with Gasteiger partial charge in [-0.1, -0.05) is 6.07 Å². The van der Waals surface area contributed by atoms with Crippen LogP contribution in [-0.2, 0) is 4.79 Å². The van der Waals surface area contributed by atoms with Crippen molar-refractivity contribution in [3.63, 3.8) is 0 Å². The number of nitrogens with two attached hydrogens (primary N) is 1.